The van der Waals surface area contributed by atoms with Crippen LogP contribution in [0.2, 0.25) is 10.0 Å². The Morgan fingerprint density at radius 3 is 2.85 bits per heavy atom. The van der Waals surface area contributed by atoms with Crippen molar-refractivity contribution in [3.05, 3.63) is 34.8 Å². The van der Waals surface area contributed by atoms with E-state index in [1.807, 2.05) is 17.8 Å². The van der Waals surface area contributed by atoms with Gasteiger partial charge >= 0.3 is 0 Å². The molecule has 1 heterocycles. The predicted molar refractivity (Wildman–Crippen MR) is 76.8 cm³/mol. The summed E-state index contributed by atoms with van der Waals surface area (Å²) in [6, 6.07) is 1.35. The highest BCUT2D eigenvalue weighted by molar-refractivity contribution is 6.40. The van der Waals surface area contributed by atoms with Gasteiger partial charge in [0.25, 0.3) is 5.91 Å². The molecule has 2 aromatic rings. The number of anilines is 2. The van der Waals surface area contributed by atoms with Gasteiger partial charge in [-0.05, 0) is 6.07 Å². The molecule has 0 aliphatic carbocycles. The van der Waals surface area contributed by atoms with Crippen molar-refractivity contribution in [2.24, 2.45) is 7.05 Å². The van der Waals surface area contributed by atoms with Crippen LogP contribution in [0, 0.1) is 0 Å². The lowest BCUT2D eigenvalue weighted by Crippen LogP contribution is -2.25. The minimum Gasteiger partial charge on any atom is -0.504 e. The number of imidazole rings is 1. The Hall–Kier alpha value is -1.92. The molecule has 6 nitrogen and oxygen atoms in total. The highest BCUT2D eigenvalue weighted by Gasteiger charge is 2.16. The van der Waals surface area contributed by atoms with E-state index in [9.17, 15) is 9.90 Å². The zero-order chi connectivity index (χ0) is 14.9. The minimum absolute atomic E-state index is 0.0706. The average molecular weight is 316 g/mol. The van der Waals surface area contributed by atoms with Gasteiger partial charge in [-0.3, -0.25) is 4.79 Å². The molecule has 0 bridgehead atoms. The number of halogens is 2. The van der Waals surface area contributed by atoms with Crippen molar-refractivity contribution in [3.63, 3.8) is 0 Å². The smallest absolute Gasteiger partial charge is 0.266 e. The van der Waals surface area contributed by atoms with Gasteiger partial charge in [0, 0.05) is 0 Å². The van der Waals surface area contributed by atoms with Gasteiger partial charge in [0.1, 0.15) is 17.4 Å². The number of nitrogens with two attached hydrogens (primary N) is 1. The molecule has 0 spiro atoms. The van der Waals surface area contributed by atoms with Gasteiger partial charge in [0.2, 0.25) is 6.33 Å². The van der Waals surface area contributed by atoms with Crippen molar-refractivity contribution >= 4 is 40.5 Å². The predicted octanol–water partition coefficient (Wildman–Crippen LogP) is 1.55. The fraction of sp³-hybridized carbons (Fsp3) is 0.167. The average Bonchev–Trinajstić information content (AvgIpc) is 2.78. The lowest BCUT2D eigenvalue weighted by atomic mass is 10.2. The van der Waals surface area contributed by atoms with Crippen LogP contribution in [-0.2, 0) is 18.4 Å². The fourth-order valence-corrected chi connectivity index (χ4v) is 2.13. The molecule has 1 aromatic heterocycles. The number of hydrogen-bond acceptors (Lipinski definition) is 3. The Labute approximate surface area is 125 Å². The molecule has 106 valence electrons. The Morgan fingerprint density at radius 2 is 2.25 bits per heavy atom. The molecule has 8 heteroatoms. The zero-order valence-corrected chi connectivity index (χ0v) is 12.1. The second-order valence-corrected chi connectivity index (χ2v) is 5.07. The molecular weight excluding hydrogens is 303 g/mol. The van der Waals surface area contributed by atoms with Gasteiger partial charge in [-0.2, -0.15) is 0 Å². The molecule has 2 rings (SSSR count). The van der Waals surface area contributed by atoms with Crippen molar-refractivity contribution < 1.29 is 14.5 Å². The van der Waals surface area contributed by atoms with E-state index in [4.69, 9.17) is 28.9 Å². The van der Waals surface area contributed by atoms with E-state index >= 15 is 0 Å². The third-order valence-corrected chi connectivity index (χ3v) is 3.35. The van der Waals surface area contributed by atoms with Gasteiger partial charge in [-0.1, -0.05) is 23.2 Å². The molecule has 0 aliphatic heterocycles. The maximum Gasteiger partial charge on any atom is 0.266 e. The number of amides is 1. The Morgan fingerprint density at radius 1 is 1.55 bits per heavy atom. The van der Waals surface area contributed by atoms with Crippen LogP contribution in [0.25, 0.3) is 0 Å². The van der Waals surface area contributed by atoms with Crippen LogP contribution < -0.4 is 15.6 Å². The summed E-state index contributed by atoms with van der Waals surface area (Å²) in [4.78, 5) is 11.9. The van der Waals surface area contributed by atoms with Crippen LogP contribution in [0.4, 0.5) is 11.4 Å². The van der Waals surface area contributed by atoms with Gasteiger partial charge in [0.05, 0.1) is 23.4 Å². The van der Waals surface area contributed by atoms with Crippen molar-refractivity contribution in [2.75, 3.05) is 11.1 Å². The van der Waals surface area contributed by atoms with E-state index in [-0.39, 0.29) is 39.6 Å². The van der Waals surface area contributed by atoms with Crippen molar-refractivity contribution in [2.45, 2.75) is 6.54 Å². The number of aromatic nitrogens is 2. The standard InChI is InChI=1S/C12H12Cl2N4O2/c1-17-2-3-18(6-17)5-9(19)16-8-4-7(13)11(15)10(14)12(8)20/h2-4,6H,5,15H2,1H3,(H-,16,19,20)/p+1. The number of aryl methyl sites for hydroxylation is 1. The summed E-state index contributed by atoms with van der Waals surface area (Å²) in [6.07, 6.45) is 5.31. The number of carbonyl (C=O) groups excluding carboxylic acids is 1. The maximum atomic E-state index is 11.9. The van der Waals surface area contributed by atoms with Gasteiger partial charge in [0.15, 0.2) is 12.3 Å². The van der Waals surface area contributed by atoms with Crippen LogP contribution in [0.15, 0.2) is 24.8 Å². The van der Waals surface area contributed by atoms with Gasteiger partial charge in [-0.25, -0.2) is 9.13 Å². The lowest BCUT2D eigenvalue weighted by Gasteiger charge is -2.10. The lowest BCUT2D eigenvalue weighted by molar-refractivity contribution is -0.671. The first-order chi connectivity index (χ1) is 9.38. The minimum atomic E-state index is -0.326. The number of rotatable bonds is 3. The molecule has 0 aliphatic rings. The van der Waals surface area contributed by atoms with E-state index in [2.05, 4.69) is 5.32 Å². The number of nitrogens with one attached hydrogen (secondary N) is 1. The second kappa shape index (κ2) is 5.60. The van der Waals surface area contributed by atoms with Crippen LogP contribution >= 0.6 is 23.2 Å². The van der Waals surface area contributed by atoms with E-state index in [0.29, 0.717) is 0 Å². The number of carbonyl (C=O) groups is 1. The number of aromatic hydroxyl groups is 1. The van der Waals surface area contributed by atoms with E-state index in [1.54, 1.807) is 17.1 Å². The summed E-state index contributed by atoms with van der Waals surface area (Å²) in [5, 5.41) is 12.4. The third kappa shape index (κ3) is 2.97. The van der Waals surface area contributed by atoms with E-state index < -0.39 is 0 Å². The number of nitrogens with zero attached hydrogens (tertiary/aromatic N) is 2. The van der Waals surface area contributed by atoms with Gasteiger partial charge in [-0.15, -0.1) is 0 Å². The van der Waals surface area contributed by atoms with Gasteiger partial charge < -0.3 is 16.2 Å². The normalized spacial score (nSPS) is 10.6. The summed E-state index contributed by atoms with van der Waals surface area (Å²) < 4.78 is 3.49. The number of hydrogen-bond donors (Lipinski definition) is 3. The number of phenolic OH excluding ortho intramolecular Hbond substituents is 1. The molecule has 0 saturated carbocycles. The second-order valence-electron chi connectivity index (χ2n) is 4.28. The number of phenols is 1. The monoisotopic (exact) mass is 315 g/mol. The molecule has 1 aromatic carbocycles. The summed E-state index contributed by atoms with van der Waals surface area (Å²) in [7, 11) is 1.85. The van der Waals surface area contributed by atoms with E-state index in [1.165, 1.54) is 6.07 Å². The summed E-state index contributed by atoms with van der Waals surface area (Å²) >= 11 is 11.7. The molecule has 20 heavy (non-hydrogen) atoms. The number of nitrogen functional groups attached to an aromatic ring is 1. The first kappa shape index (κ1) is 14.5. The fourth-order valence-electron chi connectivity index (χ4n) is 1.67. The summed E-state index contributed by atoms with van der Waals surface area (Å²) in [5.41, 5.74) is 5.76. The van der Waals surface area contributed by atoms with Crippen LogP contribution in [-0.4, -0.2) is 15.6 Å². The Balaban J connectivity index is 2.16. The van der Waals surface area contributed by atoms with E-state index in [0.717, 1.165) is 0 Å². The van der Waals surface area contributed by atoms with Crippen LogP contribution in [0.3, 0.4) is 0 Å². The summed E-state index contributed by atoms with van der Waals surface area (Å²) in [6.45, 7) is 0.0971. The highest BCUT2D eigenvalue weighted by atomic mass is 35.5. The number of benzene rings is 1. The Kier molecular flexibility index (Phi) is 4.06. The zero-order valence-electron chi connectivity index (χ0n) is 10.6. The molecule has 1 amide bonds. The Bertz CT molecular complexity index is 670. The largest absolute Gasteiger partial charge is 0.504 e. The molecule has 0 radical (unpaired) electrons. The third-order valence-electron chi connectivity index (χ3n) is 2.65. The quantitative estimate of drug-likeness (QED) is 0.456. The summed E-state index contributed by atoms with van der Waals surface area (Å²) in [5.74, 6) is -0.631. The molecular formula is C12H13Cl2N4O2+. The van der Waals surface area contributed by atoms with Crippen molar-refractivity contribution in [1.82, 2.24) is 4.57 Å². The van der Waals surface area contributed by atoms with Crippen molar-refractivity contribution in [1.29, 1.82) is 0 Å². The first-order valence-electron chi connectivity index (χ1n) is 5.65. The maximum absolute atomic E-state index is 11.9. The first-order valence-corrected chi connectivity index (χ1v) is 6.41. The molecule has 0 unspecified atom stereocenters. The SMILES string of the molecule is C[n+]1ccn(CC(=O)Nc2cc(Cl)c(N)c(Cl)c2O)c1. The molecule has 4 N–H and O–H groups in total. The highest BCUT2D eigenvalue weighted by Crippen LogP contribution is 2.40. The molecule has 0 saturated heterocycles. The van der Waals surface area contributed by atoms with Crippen LogP contribution in [0.1, 0.15) is 0 Å². The van der Waals surface area contributed by atoms with Crippen LogP contribution in [0.5, 0.6) is 5.75 Å². The molecule has 0 fully saturated rings. The topological polar surface area (TPSA) is 84.2 Å². The van der Waals surface area contributed by atoms with Crippen molar-refractivity contribution in [3.8, 4) is 5.75 Å². The molecule has 0 atom stereocenters.